The molecule has 0 aromatic heterocycles. The van der Waals surface area contributed by atoms with Gasteiger partial charge in [0.25, 0.3) is 0 Å². The van der Waals surface area contributed by atoms with Crippen molar-refractivity contribution in [3.05, 3.63) is 76.8 Å². The molecule has 3 aromatic carbocycles. The number of likely N-dealkylation sites (N-methyl/N-ethyl adjacent to an activating group) is 1. The minimum Gasteiger partial charge on any atom is -0.492 e. The molecule has 0 bridgehead atoms. The lowest BCUT2D eigenvalue weighted by molar-refractivity contribution is -0.116. The first-order valence-electron chi connectivity index (χ1n) is 10.5. The highest BCUT2D eigenvalue weighted by molar-refractivity contribution is 7.89. The summed E-state index contributed by atoms with van der Waals surface area (Å²) in [5.41, 5.74) is 0.318. The van der Waals surface area contributed by atoms with Crippen molar-refractivity contribution in [2.24, 2.45) is 0 Å². The van der Waals surface area contributed by atoms with E-state index < -0.39 is 22.5 Å². The molecule has 10 heteroatoms. The minimum absolute atomic E-state index is 0.0357. The van der Waals surface area contributed by atoms with Gasteiger partial charge in [-0.2, -0.15) is 4.31 Å². The molecule has 0 aliphatic carbocycles. The highest BCUT2D eigenvalue weighted by Crippen LogP contribution is 2.32. The summed E-state index contributed by atoms with van der Waals surface area (Å²) in [6.45, 7) is 3.50. The summed E-state index contributed by atoms with van der Waals surface area (Å²) in [7, 11) is -3.98. The number of rotatable bonds is 10. The topological polar surface area (TPSA) is 84.9 Å². The zero-order chi connectivity index (χ0) is 24.7. The summed E-state index contributed by atoms with van der Waals surface area (Å²) in [5, 5.41) is 3.26. The molecule has 0 radical (unpaired) electrons. The number of benzene rings is 3. The number of hydrogen-bond acceptors (Lipinski definition) is 5. The van der Waals surface area contributed by atoms with Crippen molar-refractivity contribution < 1.29 is 22.7 Å². The molecular weight excluding hydrogens is 499 g/mol. The average Bonchev–Trinajstić information content (AvgIpc) is 2.81. The summed E-state index contributed by atoms with van der Waals surface area (Å²) in [6.07, 6.45) is 0. The number of para-hydroxylation sites is 1. The van der Waals surface area contributed by atoms with E-state index in [9.17, 15) is 13.2 Å². The molecule has 0 unspecified atom stereocenters. The van der Waals surface area contributed by atoms with Crippen molar-refractivity contribution in [1.29, 1.82) is 0 Å². The van der Waals surface area contributed by atoms with Crippen LogP contribution in [0.15, 0.2) is 71.6 Å². The smallest absolute Gasteiger partial charge is 0.243 e. The maximum atomic E-state index is 13.1. The number of halogens is 2. The Morgan fingerprint density at radius 2 is 1.68 bits per heavy atom. The van der Waals surface area contributed by atoms with E-state index in [4.69, 9.17) is 32.7 Å². The number of carbonyl (C=O) groups excluding carboxylic acids is 1. The van der Waals surface area contributed by atoms with Gasteiger partial charge in [-0.05, 0) is 55.5 Å². The molecule has 1 amide bonds. The van der Waals surface area contributed by atoms with Crippen LogP contribution in [-0.2, 0) is 14.8 Å². The highest BCUT2D eigenvalue weighted by Gasteiger charge is 2.26. The highest BCUT2D eigenvalue weighted by atomic mass is 35.5. The molecule has 34 heavy (non-hydrogen) atoms. The van der Waals surface area contributed by atoms with Crippen LogP contribution in [0.4, 0.5) is 5.69 Å². The van der Waals surface area contributed by atoms with Gasteiger partial charge in [-0.3, -0.25) is 4.79 Å². The molecule has 0 heterocycles. The second kappa shape index (κ2) is 11.6. The number of sulfonamides is 1. The zero-order valence-electron chi connectivity index (χ0n) is 18.6. The van der Waals surface area contributed by atoms with Gasteiger partial charge in [0, 0.05) is 11.6 Å². The number of nitrogens with one attached hydrogen (secondary N) is 1. The molecule has 180 valence electrons. The SMILES string of the molecule is CCOc1ccc(S(=O)(=O)N(CC)CC(=O)Nc2cc(Cl)ccc2Oc2ccccc2)cc1Cl. The number of carbonyl (C=O) groups is 1. The number of anilines is 1. The third-order valence-corrected chi connectivity index (χ3v) is 7.15. The van der Waals surface area contributed by atoms with Gasteiger partial charge in [-0.15, -0.1) is 0 Å². The summed E-state index contributed by atoms with van der Waals surface area (Å²) in [5.74, 6) is 0.775. The molecule has 0 saturated heterocycles. The van der Waals surface area contributed by atoms with Crippen molar-refractivity contribution in [3.63, 3.8) is 0 Å². The third kappa shape index (κ3) is 6.42. The first-order chi connectivity index (χ1) is 16.2. The Hall–Kier alpha value is -2.78. The molecule has 0 aliphatic heterocycles. The number of hydrogen-bond donors (Lipinski definition) is 1. The summed E-state index contributed by atoms with van der Waals surface area (Å²) >= 11 is 12.3. The standard InChI is InChI=1S/C24H24Cl2N2O5S/c1-3-28(34(30,31)19-11-13-22(32-4-2)20(26)15-19)16-24(29)27-21-14-17(25)10-12-23(21)33-18-8-6-5-7-9-18/h5-15H,3-4,16H2,1-2H3,(H,27,29). The molecule has 0 aliphatic rings. The van der Waals surface area contributed by atoms with Crippen LogP contribution in [0.1, 0.15) is 13.8 Å². The Morgan fingerprint density at radius 1 is 0.971 bits per heavy atom. The van der Waals surface area contributed by atoms with Crippen LogP contribution >= 0.6 is 23.2 Å². The van der Waals surface area contributed by atoms with Gasteiger partial charge in [-0.1, -0.05) is 48.3 Å². The fourth-order valence-corrected chi connectivity index (χ4v) is 4.99. The van der Waals surface area contributed by atoms with E-state index >= 15 is 0 Å². The second-order valence-electron chi connectivity index (χ2n) is 7.06. The molecule has 0 spiro atoms. The maximum Gasteiger partial charge on any atom is 0.243 e. The second-order valence-corrected chi connectivity index (χ2v) is 9.84. The third-order valence-electron chi connectivity index (χ3n) is 4.70. The van der Waals surface area contributed by atoms with Crippen molar-refractivity contribution >= 4 is 44.8 Å². The molecule has 3 rings (SSSR count). The average molecular weight is 523 g/mol. The summed E-state index contributed by atoms with van der Waals surface area (Å²) < 4.78 is 38.5. The van der Waals surface area contributed by atoms with Crippen molar-refractivity contribution in [2.45, 2.75) is 18.7 Å². The predicted octanol–water partition coefficient (Wildman–Crippen LogP) is 5.83. The molecule has 3 aromatic rings. The molecule has 0 fully saturated rings. The zero-order valence-corrected chi connectivity index (χ0v) is 21.0. The van der Waals surface area contributed by atoms with Gasteiger partial charge in [0.2, 0.25) is 15.9 Å². The fourth-order valence-electron chi connectivity index (χ4n) is 3.08. The van der Waals surface area contributed by atoms with E-state index in [1.54, 1.807) is 38.1 Å². The molecular formula is C24H24Cl2N2O5S. The van der Waals surface area contributed by atoms with Gasteiger partial charge in [0.15, 0.2) is 5.75 Å². The van der Waals surface area contributed by atoms with Gasteiger partial charge in [-0.25, -0.2) is 8.42 Å². The Labute approximate surface area is 209 Å². The van der Waals surface area contributed by atoms with Gasteiger partial charge in [0.1, 0.15) is 11.5 Å². The lowest BCUT2D eigenvalue weighted by Gasteiger charge is -2.21. The number of amides is 1. The van der Waals surface area contributed by atoms with Crippen LogP contribution in [0.5, 0.6) is 17.2 Å². The lowest BCUT2D eigenvalue weighted by Crippen LogP contribution is -2.37. The van der Waals surface area contributed by atoms with Crippen molar-refractivity contribution in [3.8, 4) is 17.2 Å². The molecule has 0 saturated carbocycles. The van der Waals surface area contributed by atoms with E-state index in [0.717, 1.165) is 4.31 Å². The Kier molecular flexibility index (Phi) is 8.79. The van der Waals surface area contributed by atoms with E-state index in [1.807, 2.05) is 18.2 Å². The van der Waals surface area contributed by atoms with E-state index in [2.05, 4.69) is 5.32 Å². The Morgan fingerprint density at radius 3 is 2.32 bits per heavy atom. The van der Waals surface area contributed by atoms with E-state index in [-0.39, 0.29) is 16.5 Å². The quantitative estimate of drug-likeness (QED) is 0.361. The summed E-state index contributed by atoms with van der Waals surface area (Å²) in [4.78, 5) is 12.8. The van der Waals surface area contributed by atoms with Crippen LogP contribution in [0, 0.1) is 0 Å². The Bertz CT molecular complexity index is 1250. The maximum absolute atomic E-state index is 13.1. The van der Waals surface area contributed by atoms with Gasteiger partial charge < -0.3 is 14.8 Å². The molecule has 1 N–H and O–H groups in total. The van der Waals surface area contributed by atoms with Crippen LogP contribution in [0.25, 0.3) is 0 Å². The van der Waals surface area contributed by atoms with Gasteiger partial charge in [0.05, 0.1) is 28.8 Å². The molecule has 0 atom stereocenters. The minimum atomic E-state index is -3.98. The normalized spacial score (nSPS) is 11.3. The monoisotopic (exact) mass is 522 g/mol. The Balaban J connectivity index is 1.78. The van der Waals surface area contributed by atoms with E-state index in [1.165, 1.54) is 24.3 Å². The number of nitrogens with zero attached hydrogens (tertiary/aromatic N) is 1. The summed E-state index contributed by atoms with van der Waals surface area (Å²) in [6, 6.07) is 18.0. The van der Waals surface area contributed by atoms with Gasteiger partial charge >= 0.3 is 0 Å². The number of ether oxygens (including phenoxy) is 2. The van der Waals surface area contributed by atoms with Crippen LogP contribution in [-0.4, -0.2) is 38.3 Å². The predicted molar refractivity (Wildman–Crippen MR) is 134 cm³/mol. The first-order valence-corrected chi connectivity index (χ1v) is 12.7. The molecule has 7 nitrogen and oxygen atoms in total. The van der Waals surface area contributed by atoms with Crippen molar-refractivity contribution in [1.82, 2.24) is 4.31 Å². The first kappa shape index (κ1) is 25.8. The fraction of sp³-hybridized carbons (Fsp3) is 0.208. The van der Waals surface area contributed by atoms with Crippen molar-refractivity contribution in [2.75, 3.05) is 25.0 Å². The lowest BCUT2D eigenvalue weighted by atomic mass is 10.2. The van der Waals surface area contributed by atoms with E-state index in [0.29, 0.717) is 34.6 Å². The van der Waals surface area contributed by atoms with Crippen LogP contribution < -0.4 is 14.8 Å². The van der Waals surface area contributed by atoms with Crippen LogP contribution in [0.2, 0.25) is 10.0 Å². The largest absolute Gasteiger partial charge is 0.492 e. The van der Waals surface area contributed by atoms with Crippen LogP contribution in [0.3, 0.4) is 0 Å².